The van der Waals surface area contributed by atoms with Crippen molar-refractivity contribution in [2.24, 2.45) is 5.92 Å². The Morgan fingerprint density at radius 3 is 2.36 bits per heavy atom. The molecular weight excluding hydrogens is 355 g/mol. The third-order valence-electron chi connectivity index (χ3n) is 4.79. The van der Waals surface area contributed by atoms with E-state index in [1.54, 1.807) is 26.0 Å². The third-order valence-corrected chi connectivity index (χ3v) is 4.79. The minimum atomic E-state index is -2.42. The molecule has 0 saturated heterocycles. The molecule has 1 atom stereocenters. The van der Waals surface area contributed by atoms with Crippen molar-refractivity contribution in [2.45, 2.75) is 25.9 Å². The third kappa shape index (κ3) is 4.06. The number of hydrogen-bond donors (Lipinski definition) is 1. The highest BCUT2D eigenvalue weighted by Crippen LogP contribution is 2.35. The summed E-state index contributed by atoms with van der Waals surface area (Å²) in [5.74, 6) is -0.703. The molecule has 3 aromatic carbocycles. The van der Waals surface area contributed by atoms with Gasteiger partial charge in [-0.3, -0.25) is 0 Å². The Morgan fingerprint density at radius 1 is 1.00 bits per heavy atom. The number of ether oxygens (including phenoxy) is 1. The number of aliphatic carboxylic acids is 1. The van der Waals surface area contributed by atoms with E-state index < -0.39 is 17.6 Å². The maximum atomic E-state index is 15.2. The minimum Gasteiger partial charge on any atom is -0.479 e. The smallest absolute Gasteiger partial charge is 0.346 e. The van der Waals surface area contributed by atoms with Gasteiger partial charge in [-0.15, -0.1) is 0 Å². The number of rotatable bonds is 7. The van der Waals surface area contributed by atoms with Crippen molar-refractivity contribution in [2.75, 3.05) is 0 Å². The van der Waals surface area contributed by atoms with Gasteiger partial charge in [0.1, 0.15) is 11.5 Å². The van der Waals surface area contributed by atoms with Crippen molar-refractivity contribution in [1.82, 2.24) is 0 Å². The van der Waals surface area contributed by atoms with E-state index in [2.05, 4.69) is 0 Å². The Balaban J connectivity index is 1.90. The molecule has 3 rings (SSSR count). The highest BCUT2D eigenvalue weighted by molar-refractivity contribution is 5.79. The summed E-state index contributed by atoms with van der Waals surface area (Å²) < 4.78 is 21.2. The summed E-state index contributed by atoms with van der Waals surface area (Å²) in [7, 11) is 0. The van der Waals surface area contributed by atoms with Crippen LogP contribution in [0.4, 0.5) is 4.39 Å². The summed E-state index contributed by atoms with van der Waals surface area (Å²) in [4.78, 5) is 11.6. The van der Waals surface area contributed by atoms with Gasteiger partial charge in [0.2, 0.25) is 5.67 Å². The van der Waals surface area contributed by atoms with Crippen molar-refractivity contribution in [3.05, 3.63) is 95.6 Å². The monoisotopic (exact) mass is 378 g/mol. The standard InChI is InChI=1S/C24H23FO3/c1-17(2)24(25,23(26)27)20-11-8-9-18(16-20)15-19-10-6-7-14-22(19)28-21-12-4-3-5-13-21/h3-14,16-17H,15H2,1-2H3,(H,26,27). The molecule has 144 valence electrons. The van der Waals surface area contributed by atoms with Gasteiger partial charge < -0.3 is 9.84 Å². The molecule has 1 unspecified atom stereocenters. The molecule has 0 heterocycles. The molecule has 0 fully saturated rings. The van der Waals surface area contributed by atoms with Crippen molar-refractivity contribution in [1.29, 1.82) is 0 Å². The number of hydrogen-bond acceptors (Lipinski definition) is 2. The minimum absolute atomic E-state index is 0.161. The van der Waals surface area contributed by atoms with E-state index >= 15 is 4.39 Å². The van der Waals surface area contributed by atoms with Gasteiger partial charge in [0, 0.05) is 17.9 Å². The lowest BCUT2D eigenvalue weighted by atomic mass is 9.84. The Bertz CT molecular complexity index is 953. The maximum absolute atomic E-state index is 15.2. The first-order valence-electron chi connectivity index (χ1n) is 9.23. The van der Waals surface area contributed by atoms with Crippen LogP contribution in [0.3, 0.4) is 0 Å². The lowest BCUT2D eigenvalue weighted by molar-refractivity contribution is -0.155. The molecule has 0 aliphatic heterocycles. The molecule has 0 saturated carbocycles. The first-order valence-corrected chi connectivity index (χ1v) is 9.23. The van der Waals surface area contributed by atoms with Crippen molar-refractivity contribution < 1.29 is 19.0 Å². The van der Waals surface area contributed by atoms with E-state index in [-0.39, 0.29) is 5.56 Å². The fourth-order valence-electron chi connectivity index (χ4n) is 3.20. The molecule has 3 aromatic rings. The Kier molecular flexibility index (Phi) is 5.78. The number of carbonyl (C=O) groups is 1. The van der Waals surface area contributed by atoms with Crippen LogP contribution >= 0.6 is 0 Å². The van der Waals surface area contributed by atoms with E-state index in [0.717, 1.165) is 16.9 Å². The largest absolute Gasteiger partial charge is 0.479 e. The molecule has 0 amide bonds. The second kappa shape index (κ2) is 8.26. The molecule has 0 radical (unpaired) electrons. The van der Waals surface area contributed by atoms with Crippen LogP contribution in [-0.2, 0) is 16.9 Å². The highest BCUT2D eigenvalue weighted by atomic mass is 19.1. The van der Waals surface area contributed by atoms with E-state index in [4.69, 9.17) is 4.74 Å². The van der Waals surface area contributed by atoms with Crippen LogP contribution in [0.5, 0.6) is 11.5 Å². The van der Waals surface area contributed by atoms with Crippen molar-refractivity contribution >= 4 is 5.97 Å². The predicted molar refractivity (Wildman–Crippen MR) is 107 cm³/mol. The second-order valence-corrected chi connectivity index (χ2v) is 7.07. The maximum Gasteiger partial charge on any atom is 0.346 e. The van der Waals surface area contributed by atoms with Crippen LogP contribution < -0.4 is 4.74 Å². The molecule has 0 aliphatic carbocycles. The lowest BCUT2D eigenvalue weighted by Crippen LogP contribution is -2.36. The molecule has 0 aromatic heterocycles. The van der Waals surface area contributed by atoms with Crippen LogP contribution in [0.1, 0.15) is 30.5 Å². The second-order valence-electron chi connectivity index (χ2n) is 7.07. The average molecular weight is 378 g/mol. The Hall–Kier alpha value is -3.14. The normalized spacial score (nSPS) is 13.1. The SMILES string of the molecule is CC(C)C(F)(C(=O)O)c1cccc(Cc2ccccc2Oc2ccccc2)c1. The molecule has 3 nitrogen and oxygen atoms in total. The average Bonchev–Trinajstić information content (AvgIpc) is 2.69. The first kappa shape index (κ1) is 19.6. The summed E-state index contributed by atoms with van der Waals surface area (Å²) >= 11 is 0. The summed E-state index contributed by atoms with van der Waals surface area (Å²) in [5.41, 5.74) is -0.497. The van der Waals surface area contributed by atoms with Gasteiger partial charge in [-0.1, -0.05) is 74.5 Å². The molecule has 1 N–H and O–H groups in total. The highest BCUT2D eigenvalue weighted by Gasteiger charge is 2.44. The van der Waals surface area contributed by atoms with Gasteiger partial charge in [0.25, 0.3) is 0 Å². The van der Waals surface area contributed by atoms with Crippen LogP contribution in [0.2, 0.25) is 0 Å². The van der Waals surface area contributed by atoms with E-state index in [9.17, 15) is 9.90 Å². The van der Waals surface area contributed by atoms with Gasteiger partial charge in [-0.05, 0) is 29.3 Å². The van der Waals surface area contributed by atoms with Gasteiger partial charge in [0.05, 0.1) is 0 Å². The summed E-state index contributed by atoms with van der Waals surface area (Å²) in [5, 5.41) is 9.45. The number of para-hydroxylation sites is 2. The molecule has 0 spiro atoms. The van der Waals surface area contributed by atoms with Gasteiger partial charge in [-0.25, -0.2) is 9.18 Å². The molecule has 0 aliphatic rings. The topological polar surface area (TPSA) is 46.5 Å². The first-order chi connectivity index (χ1) is 13.4. The fourth-order valence-corrected chi connectivity index (χ4v) is 3.20. The van der Waals surface area contributed by atoms with Gasteiger partial charge in [-0.2, -0.15) is 0 Å². The van der Waals surface area contributed by atoms with E-state index in [0.29, 0.717) is 12.2 Å². The zero-order valence-electron chi connectivity index (χ0n) is 15.9. The number of carboxylic acids is 1. The number of halogens is 1. The quantitative estimate of drug-likeness (QED) is 0.550. The molecule has 28 heavy (non-hydrogen) atoms. The van der Waals surface area contributed by atoms with E-state index in [1.165, 1.54) is 6.07 Å². The number of alkyl halides is 1. The van der Waals surface area contributed by atoms with E-state index in [1.807, 2.05) is 60.7 Å². The number of benzene rings is 3. The Morgan fingerprint density at radius 2 is 1.68 bits per heavy atom. The summed E-state index contributed by atoms with van der Waals surface area (Å²) in [6, 6.07) is 23.9. The van der Waals surface area contributed by atoms with Gasteiger partial charge in [0.15, 0.2) is 0 Å². The molecular formula is C24H23FO3. The zero-order chi connectivity index (χ0) is 20.1. The fraction of sp³-hybridized carbons (Fsp3) is 0.208. The lowest BCUT2D eigenvalue weighted by Gasteiger charge is -2.25. The van der Waals surface area contributed by atoms with Crippen molar-refractivity contribution in [3.8, 4) is 11.5 Å². The molecule has 4 heteroatoms. The molecule has 0 bridgehead atoms. The zero-order valence-corrected chi connectivity index (χ0v) is 15.9. The van der Waals surface area contributed by atoms with Crippen LogP contribution in [0, 0.1) is 5.92 Å². The van der Waals surface area contributed by atoms with Gasteiger partial charge >= 0.3 is 5.97 Å². The van der Waals surface area contributed by atoms with Crippen molar-refractivity contribution in [3.63, 3.8) is 0 Å². The van der Waals surface area contributed by atoms with Crippen LogP contribution in [-0.4, -0.2) is 11.1 Å². The summed E-state index contributed by atoms with van der Waals surface area (Å²) in [6.45, 7) is 3.15. The predicted octanol–water partition coefficient (Wildman–Crippen LogP) is 5.98. The number of carboxylic acid groups (broad SMARTS) is 1. The van der Waals surface area contributed by atoms with Crippen LogP contribution in [0.25, 0.3) is 0 Å². The van der Waals surface area contributed by atoms with Crippen LogP contribution in [0.15, 0.2) is 78.9 Å². The Labute approximate surface area is 164 Å². The summed E-state index contributed by atoms with van der Waals surface area (Å²) in [6.07, 6.45) is 0.505.